The number of aromatic hydroxyl groups is 1. The van der Waals surface area contributed by atoms with Gasteiger partial charge in [0.15, 0.2) is 6.29 Å². The highest BCUT2D eigenvalue weighted by Gasteiger charge is 2.42. The van der Waals surface area contributed by atoms with Crippen LogP contribution in [-0.2, 0) is 14.2 Å². The van der Waals surface area contributed by atoms with Crippen molar-refractivity contribution in [3.63, 3.8) is 0 Å². The second kappa shape index (κ2) is 7.59. The number of benzene rings is 1. The Morgan fingerprint density at radius 2 is 1.92 bits per heavy atom. The highest BCUT2D eigenvalue weighted by Crippen LogP contribution is 2.51. The first kappa shape index (κ1) is 19.2. The van der Waals surface area contributed by atoms with E-state index in [1.54, 1.807) is 20.3 Å². The summed E-state index contributed by atoms with van der Waals surface area (Å²) >= 11 is 0. The third kappa shape index (κ3) is 3.48. The molecule has 3 atom stereocenters. The summed E-state index contributed by atoms with van der Waals surface area (Å²) < 4.78 is 23.9. The first-order chi connectivity index (χ1) is 12.4. The van der Waals surface area contributed by atoms with E-state index in [1.807, 2.05) is 26.0 Å². The molecule has 144 valence electrons. The number of methoxy groups -OCH3 is 2. The Balaban J connectivity index is 2.08. The van der Waals surface area contributed by atoms with Gasteiger partial charge in [-0.05, 0) is 32.4 Å². The van der Waals surface area contributed by atoms with Crippen LogP contribution in [0.3, 0.4) is 0 Å². The SMILES string of the molecule is CCCCC[C@@H]1O[C@H](OC)c2c3c(cc(O)c2[C@@H]1OC)C=CC(C)(C)O3. The van der Waals surface area contributed by atoms with E-state index in [2.05, 4.69) is 6.92 Å². The summed E-state index contributed by atoms with van der Waals surface area (Å²) in [5.74, 6) is 0.899. The third-order valence-electron chi connectivity index (χ3n) is 5.11. The number of rotatable bonds is 6. The molecule has 2 aliphatic rings. The van der Waals surface area contributed by atoms with Gasteiger partial charge in [0.2, 0.25) is 0 Å². The van der Waals surface area contributed by atoms with E-state index in [-0.39, 0.29) is 18.0 Å². The average Bonchev–Trinajstić information content (AvgIpc) is 2.61. The molecule has 2 heterocycles. The van der Waals surface area contributed by atoms with Crippen molar-refractivity contribution >= 4 is 6.08 Å². The second-order valence-corrected chi connectivity index (χ2v) is 7.57. The Morgan fingerprint density at radius 3 is 2.58 bits per heavy atom. The van der Waals surface area contributed by atoms with E-state index in [0.717, 1.165) is 42.4 Å². The second-order valence-electron chi connectivity index (χ2n) is 7.57. The molecule has 0 saturated carbocycles. The van der Waals surface area contributed by atoms with E-state index in [4.69, 9.17) is 18.9 Å². The highest BCUT2D eigenvalue weighted by atomic mass is 16.7. The Morgan fingerprint density at radius 1 is 1.15 bits per heavy atom. The van der Waals surface area contributed by atoms with Gasteiger partial charge in [0.1, 0.15) is 23.2 Å². The van der Waals surface area contributed by atoms with Crippen molar-refractivity contribution in [3.8, 4) is 11.5 Å². The lowest BCUT2D eigenvalue weighted by atomic mass is 9.87. The van der Waals surface area contributed by atoms with Gasteiger partial charge in [-0.1, -0.05) is 32.3 Å². The van der Waals surface area contributed by atoms with Crippen LogP contribution >= 0.6 is 0 Å². The van der Waals surface area contributed by atoms with Crippen molar-refractivity contribution in [2.24, 2.45) is 0 Å². The maximum absolute atomic E-state index is 10.8. The summed E-state index contributed by atoms with van der Waals surface area (Å²) in [6.07, 6.45) is 7.03. The molecule has 5 heteroatoms. The number of ether oxygens (including phenoxy) is 4. The van der Waals surface area contributed by atoms with Crippen LogP contribution < -0.4 is 4.74 Å². The number of fused-ring (bicyclic) bond motifs is 3. The third-order valence-corrected chi connectivity index (χ3v) is 5.11. The smallest absolute Gasteiger partial charge is 0.188 e. The van der Waals surface area contributed by atoms with Gasteiger partial charge in [-0.2, -0.15) is 0 Å². The Labute approximate surface area is 155 Å². The molecule has 5 nitrogen and oxygen atoms in total. The Kier molecular flexibility index (Phi) is 5.61. The Hall–Kier alpha value is -1.56. The van der Waals surface area contributed by atoms with Gasteiger partial charge < -0.3 is 24.1 Å². The highest BCUT2D eigenvalue weighted by molar-refractivity contribution is 5.68. The largest absolute Gasteiger partial charge is 0.508 e. The van der Waals surface area contributed by atoms with Gasteiger partial charge >= 0.3 is 0 Å². The standard InChI is InChI=1S/C21H30O5/c1-6-7-8-9-15-19(23-4)16-14(22)12-13-10-11-21(2,3)26-18(13)17(16)20(24-5)25-15/h10-12,15,19-20,22H,6-9H2,1-5H3/t15-,19+,20-/m0/s1. The fourth-order valence-electron chi connectivity index (χ4n) is 3.81. The van der Waals surface area contributed by atoms with Crippen molar-refractivity contribution in [1.29, 1.82) is 0 Å². The zero-order valence-electron chi connectivity index (χ0n) is 16.4. The monoisotopic (exact) mass is 362 g/mol. The summed E-state index contributed by atoms with van der Waals surface area (Å²) in [4.78, 5) is 0. The first-order valence-electron chi connectivity index (χ1n) is 9.41. The summed E-state index contributed by atoms with van der Waals surface area (Å²) in [6, 6.07) is 1.74. The zero-order valence-corrected chi connectivity index (χ0v) is 16.4. The topological polar surface area (TPSA) is 57.2 Å². The van der Waals surface area contributed by atoms with Crippen molar-refractivity contribution < 1.29 is 24.1 Å². The van der Waals surface area contributed by atoms with Crippen molar-refractivity contribution in [2.45, 2.75) is 70.6 Å². The predicted molar refractivity (Wildman–Crippen MR) is 100 cm³/mol. The molecule has 0 radical (unpaired) electrons. The molecule has 0 amide bonds. The predicted octanol–water partition coefficient (Wildman–Crippen LogP) is 4.89. The van der Waals surface area contributed by atoms with E-state index >= 15 is 0 Å². The lowest BCUT2D eigenvalue weighted by molar-refractivity contribution is -0.206. The molecule has 0 unspecified atom stereocenters. The van der Waals surface area contributed by atoms with Crippen LogP contribution in [0.25, 0.3) is 6.08 Å². The first-order valence-corrected chi connectivity index (χ1v) is 9.41. The van der Waals surface area contributed by atoms with E-state index in [0.29, 0.717) is 5.75 Å². The van der Waals surface area contributed by atoms with Crippen molar-refractivity contribution in [2.75, 3.05) is 14.2 Å². The Bertz CT molecular complexity index is 679. The molecule has 0 bridgehead atoms. The molecule has 2 aliphatic heterocycles. The van der Waals surface area contributed by atoms with Crippen molar-refractivity contribution in [1.82, 2.24) is 0 Å². The molecule has 3 rings (SSSR count). The van der Waals surface area contributed by atoms with Gasteiger partial charge in [0.25, 0.3) is 0 Å². The average molecular weight is 362 g/mol. The van der Waals surface area contributed by atoms with E-state index in [1.165, 1.54) is 0 Å². The number of hydrogen-bond acceptors (Lipinski definition) is 5. The fourth-order valence-corrected chi connectivity index (χ4v) is 3.81. The number of phenols is 1. The van der Waals surface area contributed by atoms with Gasteiger partial charge in [0, 0.05) is 25.3 Å². The van der Waals surface area contributed by atoms with Crippen LogP contribution in [0.2, 0.25) is 0 Å². The molecule has 1 N–H and O–H groups in total. The molecule has 0 spiro atoms. The van der Waals surface area contributed by atoms with Crippen LogP contribution in [-0.4, -0.2) is 31.0 Å². The van der Waals surface area contributed by atoms with E-state index in [9.17, 15) is 5.11 Å². The van der Waals surface area contributed by atoms with Crippen LogP contribution in [0.4, 0.5) is 0 Å². The molecule has 0 aliphatic carbocycles. The molecule has 0 fully saturated rings. The zero-order chi connectivity index (χ0) is 18.9. The molecule has 1 aromatic carbocycles. The lowest BCUT2D eigenvalue weighted by Gasteiger charge is -2.40. The minimum Gasteiger partial charge on any atom is -0.508 e. The summed E-state index contributed by atoms with van der Waals surface area (Å²) in [5.41, 5.74) is 1.84. The van der Waals surface area contributed by atoms with Crippen LogP contribution in [0.15, 0.2) is 12.1 Å². The molecule has 0 saturated heterocycles. The molecule has 0 aromatic heterocycles. The summed E-state index contributed by atoms with van der Waals surface area (Å²) in [6.45, 7) is 6.17. The molecular weight excluding hydrogens is 332 g/mol. The molecule has 26 heavy (non-hydrogen) atoms. The van der Waals surface area contributed by atoms with Crippen LogP contribution in [0.1, 0.15) is 75.5 Å². The quantitative estimate of drug-likeness (QED) is 0.730. The number of phenolic OH excluding ortho intramolecular Hbond substituents is 1. The molecule has 1 aromatic rings. The van der Waals surface area contributed by atoms with E-state index < -0.39 is 11.9 Å². The van der Waals surface area contributed by atoms with Crippen LogP contribution in [0, 0.1) is 0 Å². The van der Waals surface area contributed by atoms with Gasteiger partial charge in [0.05, 0.1) is 11.7 Å². The fraction of sp³-hybridized carbons (Fsp3) is 0.619. The maximum atomic E-state index is 10.8. The normalized spacial score (nSPS) is 26.1. The minimum absolute atomic E-state index is 0.167. The molecular formula is C21H30O5. The summed E-state index contributed by atoms with van der Waals surface area (Å²) in [5, 5.41) is 10.8. The van der Waals surface area contributed by atoms with Crippen LogP contribution in [0.5, 0.6) is 11.5 Å². The number of unbranched alkanes of at least 4 members (excludes halogenated alkanes) is 2. The van der Waals surface area contributed by atoms with Gasteiger partial charge in [-0.3, -0.25) is 0 Å². The minimum atomic E-state index is -0.592. The summed E-state index contributed by atoms with van der Waals surface area (Å²) in [7, 11) is 3.27. The number of hydrogen-bond donors (Lipinski definition) is 1. The maximum Gasteiger partial charge on any atom is 0.188 e. The van der Waals surface area contributed by atoms with Gasteiger partial charge in [-0.15, -0.1) is 0 Å². The van der Waals surface area contributed by atoms with Crippen molar-refractivity contribution in [3.05, 3.63) is 28.8 Å². The lowest BCUT2D eigenvalue weighted by Crippen LogP contribution is -2.35. The van der Waals surface area contributed by atoms with Gasteiger partial charge in [-0.25, -0.2) is 0 Å².